The number of hydrogen-bond donors (Lipinski definition) is 1. The van der Waals surface area contributed by atoms with Crippen molar-refractivity contribution in [1.82, 2.24) is 0 Å². The molecule has 1 fully saturated rings. The number of hydrogen-bond acceptors (Lipinski definition) is 3. The van der Waals surface area contributed by atoms with Crippen LogP contribution in [-0.2, 0) is 20.4 Å². The first kappa shape index (κ1) is 18.7. The number of carbonyl (C=O) groups is 1. The predicted octanol–water partition coefficient (Wildman–Crippen LogP) is 3.76. The van der Waals surface area contributed by atoms with E-state index in [2.05, 4.69) is 5.32 Å². The SMILES string of the molecule is CC(OCC1CCCCO1)C(=O)Nc1cc(C(F)(F)F)ccc1F. The number of rotatable bonds is 5. The first-order valence-electron chi connectivity index (χ1n) is 7.68. The molecule has 1 amide bonds. The monoisotopic (exact) mass is 349 g/mol. The molecule has 1 aliphatic heterocycles. The molecule has 2 unspecified atom stereocenters. The fourth-order valence-electron chi connectivity index (χ4n) is 2.30. The van der Waals surface area contributed by atoms with Crippen LogP contribution in [0, 0.1) is 5.82 Å². The molecule has 0 aliphatic carbocycles. The zero-order valence-electron chi connectivity index (χ0n) is 13.2. The number of anilines is 1. The van der Waals surface area contributed by atoms with Crippen LogP contribution >= 0.6 is 0 Å². The van der Waals surface area contributed by atoms with Gasteiger partial charge in [0.25, 0.3) is 5.91 Å². The third kappa shape index (κ3) is 5.17. The molecule has 4 nitrogen and oxygen atoms in total. The van der Waals surface area contributed by atoms with Crippen LogP contribution in [0.3, 0.4) is 0 Å². The van der Waals surface area contributed by atoms with E-state index in [0.29, 0.717) is 24.8 Å². The van der Waals surface area contributed by atoms with Gasteiger partial charge in [0.05, 0.1) is 24.0 Å². The number of benzene rings is 1. The third-order valence-electron chi connectivity index (χ3n) is 3.73. The molecule has 2 atom stereocenters. The molecule has 24 heavy (non-hydrogen) atoms. The minimum atomic E-state index is -4.62. The highest BCUT2D eigenvalue weighted by Gasteiger charge is 2.31. The van der Waals surface area contributed by atoms with E-state index >= 15 is 0 Å². The van der Waals surface area contributed by atoms with Crippen molar-refractivity contribution in [2.45, 2.75) is 44.6 Å². The highest BCUT2D eigenvalue weighted by atomic mass is 19.4. The average Bonchev–Trinajstić information content (AvgIpc) is 2.54. The minimum absolute atomic E-state index is 0.0979. The standard InChI is InChI=1S/C16H19F4NO3/c1-10(24-9-12-4-2-3-7-23-12)15(22)21-14-8-11(16(18,19)20)5-6-13(14)17/h5-6,8,10,12H,2-4,7,9H2,1H3,(H,21,22). The van der Waals surface area contributed by atoms with E-state index in [0.717, 1.165) is 19.3 Å². The molecular formula is C16H19F4NO3. The lowest BCUT2D eigenvalue weighted by molar-refractivity contribution is -0.137. The molecule has 1 saturated heterocycles. The lowest BCUT2D eigenvalue weighted by Crippen LogP contribution is -2.33. The summed E-state index contributed by atoms with van der Waals surface area (Å²) in [5.41, 5.74) is -1.57. The normalized spacial score (nSPS) is 19.8. The Morgan fingerprint density at radius 2 is 2.17 bits per heavy atom. The smallest absolute Gasteiger partial charge is 0.376 e. The van der Waals surface area contributed by atoms with Gasteiger partial charge in [-0.2, -0.15) is 13.2 Å². The Morgan fingerprint density at radius 1 is 1.42 bits per heavy atom. The summed E-state index contributed by atoms with van der Waals surface area (Å²) in [7, 11) is 0. The van der Waals surface area contributed by atoms with Crippen molar-refractivity contribution in [2.75, 3.05) is 18.5 Å². The first-order valence-corrected chi connectivity index (χ1v) is 7.68. The summed E-state index contributed by atoms with van der Waals surface area (Å²) >= 11 is 0. The van der Waals surface area contributed by atoms with Crippen LogP contribution in [0.2, 0.25) is 0 Å². The molecule has 1 aromatic carbocycles. The van der Waals surface area contributed by atoms with Crippen molar-refractivity contribution in [1.29, 1.82) is 0 Å². The fourth-order valence-corrected chi connectivity index (χ4v) is 2.30. The van der Waals surface area contributed by atoms with Crippen molar-refractivity contribution >= 4 is 11.6 Å². The summed E-state index contributed by atoms with van der Waals surface area (Å²) in [5, 5.41) is 2.13. The molecule has 0 bridgehead atoms. The molecule has 0 aromatic heterocycles. The van der Waals surface area contributed by atoms with Gasteiger partial charge in [-0.15, -0.1) is 0 Å². The maximum Gasteiger partial charge on any atom is 0.416 e. The third-order valence-corrected chi connectivity index (χ3v) is 3.73. The molecule has 2 rings (SSSR count). The summed E-state index contributed by atoms with van der Waals surface area (Å²) < 4.78 is 62.4. The molecule has 1 N–H and O–H groups in total. The van der Waals surface area contributed by atoms with Gasteiger partial charge in [-0.05, 0) is 44.4 Å². The Bertz CT molecular complexity index is 571. The molecule has 1 heterocycles. The fraction of sp³-hybridized carbons (Fsp3) is 0.562. The Labute approximate surface area is 137 Å². The number of amides is 1. The molecule has 1 aliphatic rings. The van der Waals surface area contributed by atoms with Crippen LogP contribution < -0.4 is 5.32 Å². The number of carbonyl (C=O) groups excluding carboxylic acids is 1. The summed E-state index contributed by atoms with van der Waals surface area (Å²) in [6.45, 7) is 2.30. The predicted molar refractivity (Wildman–Crippen MR) is 79.0 cm³/mol. The van der Waals surface area contributed by atoms with Crippen LogP contribution in [0.15, 0.2) is 18.2 Å². The van der Waals surface area contributed by atoms with Gasteiger partial charge in [-0.3, -0.25) is 4.79 Å². The summed E-state index contributed by atoms with van der Waals surface area (Å²) in [6.07, 6.45) is -2.82. The van der Waals surface area contributed by atoms with E-state index in [1.165, 1.54) is 6.92 Å². The molecule has 0 saturated carbocycles. The van der Waals surface area contributed by atoms with Gasteiger partial charge in [0.2, 0.25) is 0 Å². The van der Waals surface area contributed by atoms with Crippen molar-refractivity contribution < 1.29 is 31.8 Å². The number of alkyl halides is 3. The van der Waals surface area contributed by atoms with Gasteiger partial charge in [-0.1, -0.05) is 0 Å². The molecule has 134 valence electrons. The highest BCUT2D eigenvalue weighted by Crippen LogP contribution is 2.31. The van der Waals surface area contributed by atoms with Gasteiger partial charge >= 0.3 is 6.18 Å². The topological polar surface area (TPSA) is 47.6 Å². The Hall–Kier alpha value is -1.67. The van der Waals surface area contributed by atoms with Crippen LogP contribution in [0.25, 0.3) is 0 Å². The second-order valence-corrected chi connectivity index (χ2v) is 5.65. The van der Waals surface area contributed by atoms with Crippen LogP contribution in [0.1, 0.15) is 31.7 Å². The molecular weight excluding hydrogens is 330 g/mol. The summed E-state index contributed by atoms with van der Waals surface area (Å²) in [4.78, 5) is 12.0. The van der Waals surface area contributed by atoms with E-state index in [9.17, 15) is 22.4 Å². The van der Waals surface area contributed by atoms with Gasteiger partial charge in [0, 0.05) is 6.61 Å². The highest BCUT2D eigenvalue weighted by molar-refractivity contribution is 5.94. The molecule has 0 spiro atoms. The maximum absolute atomic E-state index is 13.6. The number of halogens is 4. The number of nitrogens with one attached hydrogen (secondary N) is 1. The molecule has 8 heteroatoms. The van der Waals surface area contributed by atoms with E-state index < -0.39 is 35.3 Å². The average molecular weight is 349 g/mol. The quantitative estimate of drug-likeness (QED) is 0.824. The van der Waals surface area contributed by atoms with Crippen molar-refractivity contribution in [2.24, 2.45) is 0 Å². The van der Waals surface area contributed by atoms with Crippen LogP contribution in [-0.4, -0.2) is 31.3 Å². The van der Waals surface area contributed by atoms with E-state index in [4.69, 9.17) is 9.47 Å². The second kappa shape index (κ2) is 7.94. The maximum atomic E-state index is 13.6. The second-order valence-electron chi connectivity index (χ2n) is 5.65. The summed E-state index contributed by atoms with van der Waals surface area (Å²) in [6, 6.07) is 1.84. The Kier molecular flexibility index (Phi) is 6.17. The van der Waals surface area contributed by atoms with E-state index in [1.54, 1.807) is 0 Å². The molecule has 0 radical (unpaired) electrons. The van der Waals surface area contributed by atoms with Crippen molar-refractivity contribution in [3.8, 4) is 0 Å². The zero-order chi connectivity index (χ0) is 17.7. The largest absolute Gasteiger partial charge is 0.416 e. The van der Waals surface area contributed by atoms with Gasteiger partial charge in [0.15, 0.2) is 0 Å². The summed E-state index contributed by atoms with van der Waals surface area (Å²) in [5.74, 6) is -1.66. The zero-order valence-corrected chi connectivity index (χ0v) is 13.2. The Balaban J connectivity index is 1.93. The van der Waals surface area contributed by atoms with E-state index in [1.807, 2.05) is 0 Å². The lowest BCUT2D eigenvalue weighted by Gasteiger charge is -2.24. The lowest BCUT2D eigenvalue weighted by atomic mass is 10.1. The van der Waals surface area contributed by atoms with Crippen molar-refractivity contribution in [3.63, 3.8) is 0 Å². The van der Waals surface area contributed by atoms with Gasteiger partial charge in [-0.25, -0.2) is 4.39 Å². The van der Waals surface area contributed by atoms with Crippen LogP contribution in [0.5, 0.6) is 0 Å². The minimum Gasteiger partial charge on any atom is -0.376 e. The van der Waals surface area contributed by atoms with Crippen molar-refractivity contribution in [3.05, 3.63) is 29.6 Å². The molecule has 1 aromatic rings. The first-order chi connectivity index (χ1) is 11.3. The van der Waals surface area contributed by atoms with E-state index in [-0.39, 0.29) is 12.7 Å². The Morgan fingerprint density at radius 3 is 2.79 bits per heavy atom. The number of ether oxygens (including phenoxy) is 2. The van der Waals surface area contributed by atoms with Gasteiger partial charge in [0.1, 0.15) is 11.9 Å². The van der Waals surface area contributed by atoms with Crippen LogP contribution in [0.4, 0.5) is 23.2 Å². The van der Waals surface area contributed by atoms with Gasteiger partial charge < -0.3 is 14.8 Å².